The number of benzene rings is 2. The van der Waals surface area contributed by atoms with Crippen LogP contribution in [0.25, 0.3) is 6.08 Å². The van der Waals surface area contributed by atoms with Crippen LogP contribution in [0.15, 0.2) is 40.4 Å². The molecule has 0 bridgehead atoms. The van der Waals surface area contributed by atoms with Gasteiger partial charge in [0.2, 0.25) is 0 Å². The summed E-state index contributed by atoms with van der Waals surface area (Å²) in [6, 6.07) is 6.29. The van der Waals surface area contributed by atoms with Gasteiger partial charge in [0.05, 0.1) is 26.8 Å². The zero-order valence-electron chi connectivity index (χ0n) is 14.8. The van der Waals surface area contributed by atoms with Gasteiger partial charge in [0.25, 0.3) is 11.8 Å². The molecule has 4 amide bonds. The molecule has 0 aromatic heterocycles. The van der Waals surface area contributed by atoms with E-state index in [-0.39, 0.29) is 32.8 Å². The molecule has 1 aliphatic rings. The second-order valence-electron chi connectivity index (χ2n) is 5.84. The number of urea groups is 1. The number of carbonyl (C=O) groups is 3. The number of hydrogen-bond acceptors (Lipinski definition) is 5. The van der Waals surface area contributed by atoms with E-state index in [1.165, 1.54) is 36.4 Å². The van der Waals surface area contributed by atoms with Crippen molar-refractivity contribution < 1.29 is 24.2 Å². The van der Waals surface area contributed by atoms with E-state index in [1.807, 2.05) is 0 Å². The number of imide groups is 2. The zero-order valence-corrected chi connectivity index (χ0v) is 17.9. The summed E-state index contributed by atoms with van der Waals surface area (Å²) in [5.41, 5.74) is 0.276. The van der Waals surface area contributed by atoms with Gasteiger partial charge in [-0.05, 0) is 64.8 Å². The minimum atomic E-state index is -0.905. The number of nitrogens with one attached hydrogen (secondary N) is 1. The van der Waals surface area contributed by atoms with Crippen LogP contribution in [-0.4, -0.2) is 29.6 Å². The highest BCUT2D eigenvalue weighted by atomic mass is 79.9. The van der Waals surface area contributed by atoms with E-state index >= 15 is 0 Å². The van der Waals surface area contributed by atoms with E-state index in [2.05, 4.69) is 21.2 Å². The summed E-state index contributed by atoms with van der Waals surface area (Å²) in [5.74, 6) is -1.62. The summed E-state index contributed by atoms with van der Waals surface area (Å²) in [6.07, 6.45) is 1.29. The number of phenolic OH excluding ortho intramolecular Hbond substituents is 1. The summed E-state index contributed by atoms with van der Waals surface area (Å²) in [5, 5.41) is 12.5. The van der Waals surface area contributed by atoms with Gasteiger partial charge in [-0.25, -0.2) is 9.69 Å². The number of rotatable bonds is 4. The van der Waals surface area contributed by atoms with E-state index in [9.17, 15) is 19.5 Å². The van der Waals surface area contributed by atoms with Crippen LogP contribution in [0.5, 0.6) is 11.5 Å². The number of ether oxygens (including phenoxy) is 1. The number of aromatic hydroxyl groups is 1. The Hall–Kier alpha value is -2.55. The molecule has 7 nitrogen and oxygen atoms in total. The van der Waals surface area contributed by atoms with Crippen molar-refractivity contribution in [2.75, 3.05) is 11.5 Å². The standard InChI is InChI=1S/C19H13BrCl2N2O5/c1-2-29-15-7-9(6-12(20)16(15)25)5-11-17(26)23-19(28)24(18(11)27)10-3-4-13(21)14(22)8-10/h3-8,25H,2H2,1H3,(H,23,26,28). The van der Waals surface area contributed by atoms with Crippen LogP contribution >= 0.6 is 39.1 Å². The van der Waals surface area contributed by atoms with Gasteiger partial charge in [-0.15, -0.1) is 0 Å². The smallest absolute Gasteiger partial charge is 0.335 e. The van der Waals surface area contributed by atoms with Gasteiger partial charge < -0.3 is 9.84 Å². The number of halogens is 3. The normalized spacial score (nSPS) is 15.7. The van der Waals surface area contributed by atoms with Crippen molar-refractivity contribution in [3.8, 4) is 11.5 Å². The Morgan fingerprint density at radius 3 is 2.55 bits per heavy atom. The Morgan fingerprint density at radius 1 is 1.17 bits per heavy atom. The second kappa shape index (κ2) is 8.44. The van der Waals surface area contributed by atoms with Gasteiger partial charge in [0.15, 0.2) is 11.5 Å². The van der Waals surface area contributed by atoms with Crippen molar-refractivity contribution in [1.29, 1.82) is 0 Å². The van der Waals surface area contributed by atoms with Gasteiger partial charge in [-0.3, -0.25) is 14.9 Å². The van der Waals surface area contributed by atoms with Crippen LogP contribution in [0, 0.1) is 0 Å². The SMILES string of the molecule is CCOc1cc(C=C2C(=O)NC(=O)N(c3ccc(Cl)c(Cl)c3)C2=O)cc(Br)c1O. The summed E-state index contributed by atoms with van der Waals surface area (Å²) in [4.78, 5) is 38.3. The molecule has 29 heavy (non-hydrogen) atoms. The molecule has 1 aliphatic heterocycles. The highest BCUT2D eigenvalue weighted by molar-refractivity contribution is 9.10. The molecule has 1 heterocycles. The number of carbonyl (C=O) groups excluding carboxylic acids is 3. The van der Waals surface area contributed by atoms with E-state index in [1.54, 1.807) is 6.92 Å². The summed E-state index contributed by atoms with van der Waals surface area (Å²) in [6.45, 7) is 2.05. The number of barbiturate groups is 1. The largest absolute Gasteiger partial charge is 0.503 e. The lowest BCUT2D eigenvalue weighted by molar-refractivity contribution is -0.122. The maximum Gasteiger partial charge on any atom is 0.335 e. The van der Waals surface area contributed by atoms with Crippen molar-refractivity contribution in [3.05, 3.63) is 56.0 Å². The maximum absolute atomic E-state index is 12.9. The molecule has 150 valence electrons. The van der Waals surface area contributed by atoms with Gasteiger partial charge in [0.1, 0.15) is 5.57 Å². The molecule has 0 radical (unpaired) electrons. The van der Waals surface area contributed by atoms with Crippen LogP contribution < -0.4 is 15.0 Å². The van der Waals surface area contributed by atoms with Crippen molar-refractivity contribution >= 4 is 68.7 Å². The molecule has 2 aromatic rings. The summed E-state index contributed by atoms with van der Waals surface area (Å²) in [7, 11) is 0. The molecule has 0 spiro atoms. The Balaban J connectivity index is 2.05. The quantitative estimate of drug-likeness (QED) is 0.476. The monoisotopic (exact) mass is 498 g/mol. The maximum atomic E-state index is 12.9. The minimum Gasteiger partial charge on any atom is -0.503 e. The van der Waals surface area contributed by atoms with E-state index < -0.39 is 17.8 Å². The average Bonchev–Trinajstić information content (AvgIpc) is 2.65. The van der Waals surface area contributed by atoms with Crippen molar-refractivity contribution in [2.45, 2.75) is 6.92 Å². The zero-order chi connectivity index (χ0) is 21.3. The molecule has 0 unspecified atom stereocenters. The lowest BCUT2D eigenvalue weighted by Gasteiger charge is -2.26. The lowest BCUT2D eigenvalue weighted by Crippen LogP contribution is -2.54. The first-order chi connectivity index (χ1) is 13.7. The van der Waals surface area contributed by atoms with Crippen LogP contribution in [-0.2, 0) is 9.59 Å². The molecular weight excluding hydrogens is 487 g/mol. The first-order valence-electron chi connectivity index (χ1n) is 8.24. The van der Waals surface area contributed by atoms with Gasteiger partial charge in [0, 0.05) is 0 Å². The topological polar surface area (TPSA) is 95.9 Å². The van der Waals surface area contributed by atoms with Crippen molar-refractivity contribution in [1.82, 2.24) is 5.32 Å². The van der Waals surface area contributed by atoms with E-state index in [0.29, 0.717) is 16.6 Å². The highest BCUT2D eigenvalue weighted by Gasteiger charge is 2.37. The molecule has 1 fully saturated rings. The highest BCUT2D eigenvalue weighted by Crippen LogP contribution is 2.36. The fourth-order valence-corrected chi connectivity index (χ4v) is 3.38. The predicted molar refractivity (Wildman–Crippen MR) is 112 cm³/mol. The number of nitrogens with zero attached hydrogens (tertiary/aromatic N) is 1. The Labute approximate surface area is 184 Å². The Bertz CT molecular complexity index is 1070. The van der Waals surface area contributed by atoms with Crippen LogP contribution in [0.4, 0.5) is 10.5 Å². The molecule has 10 heteroatoms. The van der Waals surface area contributed by atoms with Crippen molar-refractivity contribution in [3.63, 3.8) is 0 Å². The molecule has 2 aromatic carbocycles. The molecule has 0 aliphatic carbocycles. The molecule has 1 saturated heterocycles. The van der Waals surface area contributed by atoms with Crippen LogP contribution in [0.2, 0.25) is 10.0 Å². The van der Waals surface area contributed by atoms with E-state index in [4.69, 9.17) is 27.9 Å². The van der Waals surface area contributed by atoms with Crippen LogP contribution in [0.3, 0.4) is 0 Å². The Kier molecular flexibility index (Phi) is 6.16. The third-order valence-corrected chi connectivity index (χ3v) is 5.27. The minimum absolute atomic E-state index is 0.110. The number of hydrogen-bond donors (Lipinski definition) is 2. The molecular formula is C19H13BrCl2N2O5. The third kappa shape index (κ3) is 4.24. The first kappa shape index (κ1) is 21.2. The van der Waals surface area contributed by atoms with Gasteiger partial charge in [-0.1, -0.05) is 23.2 Å². The summed E-state index contributed by atoms with van der Waals surface area (Å²) < 4.78 is 5.66. The Morgan fingerprint density at radius 2 is 1.90 bits per heavy atom. The molecule has 0 saturated carbocycles. The third-order valence-electron chi connectivity index (χ3n) is 3.92. The van der Waals surface area contributed by atoms with E-state index in [0.717, 1.165) is 4.90 Å². The van der Waals surface area contributed by atoms with Gasteiger partial charge in [-0.2, -0.15) is 0 Å². The average molecular weight is 500 g/mol. The molecule has 2 N–H and O–H groups in total. The first-order valence-corrected chi connectivity index (χ1v) is 9.79. The fraction of sp³-hybridized carbons (Fsp3) is 0.105. The molecule has 3 rings (SSSR count). The number of amides is 4. The second-order valence-corrected chi connectivity index (χ2v) is 7.51. The fourth-order valence-electron chi connectivity index (χ4n) is 2.63. The number of phenols is 1. The van der Waals surface area contributed by atoms with Crippen LogP contribution in [0.1, 0.15) is 12.5 Å². The molecule has 0 atom stereocenters. The predicted octanol–water partition coefficient (Wildman–Crippen LogP) is 4.53. The summed E-state index contributed by atoms with van der Waals surface area (Å²) >= 11 is 15.1. The van der Waals surface area contributed by atoms with Crippen molar-refractivity contribution in [2.24, 2.45) is 0 Å². The van der Waals surface area contributed by atoms with Gasteiger partial charge >= 0.3 is 6.03 Å². The lowest BCUT2D eigenvalue weighted by atomic mass is 10.1. The number of anilines is 1.